The van der Waals surface area contributed by atoms with Crippen LogP contribution in [-0.4, -0.2) is 21.3 Å². The Hall–Kier alpha value is -3.64. The van der Waals surface area contributed by atoms with Gasteiger partial charge in [-0.15, -0.1) is 0 Å². The number of pyridine rings is 1. The third-order valence-electron chi connectivity index (χ3n) is 6.09. The number of aryl methyl sites for hydroxylation is 2. The number of hydrogen-bond donors (Lipinski definition) is 1. The number of rotatable bonds is 6. The van der Waals surface area contributed by atoms with Crippen molar-refractivity contribution in [2.45, 2.75) is 32.9 Å². The molecule has 1 aliphatic heterocycles. The Labute approximate surface area is 206 Å². The van der Waals surface area contributed by atoms with E-state index in [0.29, 0.717) is 11.7 Å². The predicted molar refractivity (Wildman–Crippen MR) is 141 cm³/mol. The normalized spacial score (nSPS) is 17.6. The number of nitrogens with zero attached hydrogens (tertiary/aromatic N) is 3. The van der Waals surface area contributed by atoms with Crippen molar-refractivity contribution < 1.29 is 4.74 Å². The van der Waals surface area contributed by atoms with Gasteiger partial charge in [0.1, 0.15) is 11.8 Å². The summed E-state index contributed by atoms with van der Waals surface area (Å²) < 4.78 is 7.87. The van der Waals surface area contributed by atoms with Crippen LogP contribution >= 0.6 is 12.2 Å². The van der Waals surface area contributed by atoms with E-state index in [9.17, 15) is 0 Å². The van der Waals surface area contributed by atoms with Crippen molar-refractivity contribution in [3.05, 3.63) is 108 Å². The Kier molecular flexibility index (Phi) is 6.07. The molecule has 0 aliphatic carbocycles. The molecule has 6 heteroatoms. The largest absolute Gasteiger partial charge is 0.494 e. The van der Waals surface area contributed by atoms with Crippen LogP contribution in [0.2, 0.25) is 0 Å². The summed E-state index contributed by atoms with van der Waals surface area (Å²) in [5.74, 6) is 0.867. The van der Waals surface area contributed by atoms with Crippen LogP contribution in [0.15, 0.2) is 85.2 Å². The summed E-state index contributed by atoms with van der Waals surface area (Å²) >= 11 is 5.90. The molecule has 172 valence electrons. The second kappa shape index (κ2) is 9.31. The zero-order chi connectivity index (χ0) is 23.7. The SMILES string of the molecule is CCOc1ccc(-n2cccc2[C@@H]2[C@@H](c3ccccn3)NC(=S)N2c2cc(C)cc(C)c2)cc1. The number of nitrogens with one attached hydrogen (secondary N) is 1. The maximum absolute atomic E-state index is 5.90. The summed E-state index contributed by atoms with van der Waals surface area (Å²) in [5.41, 5.74) is 6.66. The van der Waals surface area contributed by atoms with Crippen LogP contribution in [0.4, 0.5) is 5.69 Å². The van der Waals surface area contributed by atoms with Crippen LogP contribution in [0.1, 0.15) is 41.5 Å². The average Bonchev–Trinajstić information content (AvgIpc) is 3.44. The molecule has 2 aromatic heterocycles. The summed E-state index contributed by atoms with van der Waals surface area (Å²) in [5, 5.41) is 4.26. The highest BCUT2D eigenvalue weighted by Crippen LogP contribution is 2.42. The van der Waals surface area contributed by atoms with Crippen LogP contribution in [0.25, 0.3) is 5.69 Å². The quantitative estimate of drug-likeness (QED) is 0.348. The Morgan fingerprint density at radius 3 is 2.38 bits per heavy atom. The Morgan fingerprint density at radius 2 is 1.71 bits per heavy atom. The molecule has 4 aromatic rings. The highest BCUT2D eigenvalue weighted by molar-refractivity contribution is 7.80. The molecule has 34 heavy (non-hydrogen) atoms. The van der Waals surface area contributed by atoms with Gasteiger partial charge in [0, 0.05) is 29.5 Å². The maximum Gasteiger partial charge on any atom is 0.174 e. The van der Waals surface area contributed by atoms with Gasteiger partial charge in [0.05, 0.1) is 18.3 Å². The Balaban J connectivity index is 1.63. The zero-order valence-corrected chi connectivity index (χ0v) is 20.4. The Morgan fingerprint density at radius 1 is 0.941 bits per heavy atom. The molecule has 1 aliphatic rings. The van der Waals surface area contributed by atoms with Crippen LogP contribution in [0.5, 0.6) is 5.75 Å². The topological polar surface area (TPSA) is 42.3 Å². The van der Waals surface area contributed by atoms with Gasteiger partial charge in [0.25, 0.3) is 0 Å². The van der Waals surface area contributed by atoms with Crippen molar-refractivity contribution in [2.24, 2.45) is 0 Å². The van der Waals surface area contributed by atoms with Crippen molar-refractivity contribution in [3.8, 4) is 11.4 Å². The molecule has 1 N–H and O–H groups in total. The van der Waals surface area contributed by atoms with E-state index in [1.165, 1.54) is 11.1 Å². The van der Waals surface area contributed by atoms with Gasteiger partial charge in [-0.3, -0.25) is 4.98 Å². The summed E-state index contributed by atoms with van der Waals surface area (Å²) in [6.07, 6.45) is 3.93. The van der Waals surface area contributed by atoms with Crippen LogP contribution in [0.3, 0.4) is 0 Å². The van der Waals surface area contributed by atoms with E-state index in [2.05, 4.69) is 88.3 Å². The lowest BCUT2D eigenvalue weighted by Crippen LogP contribution is -2.30. The molecular formula is C28H28N4OS. The molecule has 0 bridgehead atoms. The summed E-state index contributed by atoms with van der Waals surface area (Å²) in [6.45, 7) is 6.89. The molecule has 3 heterocycles. The highest BCUT2D eigenvalue weighted by Gasteiger charge is 2.42. The van der Waals surface area contributed by atoms with Crippen molar-refractivity contribution in [2.75, 3.05) is 11.5 Å². The molecule has 1 saturated heterocycles. The molecule has 5 nitrogen and oxygen atoms in total. The number of ether oxygens (including phenoxy) is 1. The van der Waals surface area contributed by atoms with Gasteiger partial charge in [-0.2, -0.15) is 0 Å². The van der Waals surface area contributed by atoms with Crippen molar-refractivity contribution in [3.63, 3.8) is 0 Å². The van der Waals surface area contributed by atoms with Gasteiger partial charge in [-0.05, 0) is 105 Å². The minimum absolute atomic E-state index is 0.0785. The monoisotopic (exact) mass is 468 g/mol. The first-order valence-corrected chi connectivity index (χ1v) is 12.0. The van der Waals surface area contributed by atoms with Crippen molar-refractivity contribution in [1.82, 2.24) is 14.9 Å². The van der Waals surface area contributed by atoms with E-state index >= 15 is 0 Å². The summed E-state index contributed by atoms with van der Waals surface area (Å²) in [4.78, 5) is 6.91. The molecule has 0 amide bonds. The van der Waals surface area contributed by atoms with Crippen LogP contribution in [-0.2, 0) is 0 Å². The Bertz CT molecular complexity index is 1280. The molecule has 0 spiro atoms. The maximum atomic E-state index is 5.90. The zero-order valence-electron chi connectivity index (χ0n) is 19.6. The second-order valence-corrected chi connectivity index (χ2v) is 8.96. The number of hydrogen-bond acceptors (Lipinski definition) is 3. The molecule has 2 aromatic carbocycles. The highest BCUT2D eigenvalue weighted by atomic mass is 32.1. The first-order valence-electron chi connectivity index (χ1n) is 11.5. The third-order valence-corrected chi connectivity index (χ3v) is 6.41. The first-order chi connectivity index (χ1) is 16.5. The second-order valence-electron chi connectivity index (χ2n) is 8.57. The molecular weight excluding hydrogens is 440 g/mol. The number of aromatic nitrogens is 2. The van der Waals surface area contributed by atoms with Crippen molar-refractivity contribution >= 4 is 23.0 Å². The fraction of sp³-hybridized carbons (Fsp3) is 0.214. The smallest absolute Gasteiger partial charge is 0.174 e. The van der Waals surface area contributed by atoms with E-state index in [1.54, 1.807) is 0 Å². The van der Waals surface area contributed by atoms with E-state index in [-0.39, 0.29) is 12.1 Å². The van der Waals surface area contributed by atoms with Gasteiger partial charge >= 0.3 is 0 Å². The molecule has 0 radical (unpaired) electrons. The van der Waals surface area contributed by atoms with Gasteiger partial charge in [0.15, 0.2) is 5.11 Å². The summed E-state index contributed by atoms with van der Waals surface area (Å²) in [7, 11) is 0. The third kappa shape index (κ3) is 4.17. The molecule has 5 rings (SSSR count). The van der Waals surface area contributed by atoms with Gasteiger partial charge in [-0.1, -0.05) is 12.1 Å². The van der Waals surface area contributed by atoms with Gasteiger partial charge in [-0.25, -0.2) is 0 Å². The number of thiocarbonyl (C=S) groups is 1. The predicted octanol–water partition coefficient (Wildman–Crippen LogP) is 6.06. The molecule has 0 unspecified atom stereocenters. The van der Waals surface area contributed by atoms with E-state index in [4.69, 9.17) is 17.0 Å². The lowest BCUT2D eigenvalue weighted by molar-refractivity contribution is 0.340. The number of anilines is 1. The number of benzene rings is 2. The molecule has 1 fully saturated rings. The fourth-order valence-electron chi connectivity index (χ4n) is 4.76. The van der Waals surface area contributed by atoms with Crippen molar-refractivity contribution in [1.29, 1.82) is 0 Å². The fourth-order valence-corrected chi connectivity index (χ4v) is 5.11. The lowest BCUT2D eigenvalue weighted by atomic mass is 10.00. The molecule has 0 saturated carbocycles. The van der Waals surface area contributed by atoms with E-state index in [1.807, 2.05) is 37.4 Å². The average molecular weight is 469 g/mol. The van der Waals surface area contributed by atoms with Crippen LogP contribution in [0, 0.1) is 13.8 Å². The van der Waals surface area contributed by atoms with Gasteiger partial charge < -0.3 is 19.5 Å². The van der Waals surface area contributed by atoms with E-state index < -0.39 is 0 Å². The molecule has 2 atom stereocenters. The standard InChI is InChI=1S/C28H28N4OS/c1-4-33-23-12-10-21(11-13-23)31-15-7-9-25(31)27-26(24-8-5-6-14-29-24)30-28(34)32(27)22-17-19(2)16-20(3)18-22/h5-18,26-27H,4H2,1-3H3,(H,30,34)/t26-,27-/m1/s1. The first kappa shape index (κ1) is 22.2. The minimum atomic E-state index is -0.0918. The van der Waals surface area contributed by atoms with Crippen LogP contribution < -0.4 is 15.0 Å². The lowest BCUT2D eigenvalue weighted by Gasteiger charge is -2.29. The minimum Gasteiger partial charge on any atom is -0.494 e. The summed E-state index contributed by atoms with van der Waals surface area (Å²) in [6, 6.07) is 24.9. The van der Waals surface area contributed by atoms with E-state index in [0.717, 1.165) is 28.5 Å². The van der Waals surface area contributed by atoms with Gasteiger partial charge in [0.2, 0.25) is 0 Å².